The molecule has 0 atom stereocenters. The molecule has 0 aliphatic carbocycles. The van der Waals surface area contributed by atoms with Crippen LogP contribution in [-0.2, 0) is 9.53 Å². The Morgan fingerprint density at radius 3 is 0.741 bits per heavy atom. The van der Waals surface area contributed by atoms with E-state index >= 15 is 0 Å². The summed E-state index contributed by atoms with van der Waals surface area (Å²) in [4.78, 5) is 13.1. The van der Waals surface area contributed by atoms with Crippen molar-refractivity contribution in [2.75, 3.05) is 6.61 Å². The molecule has 0 aliphatic heterocycles. The Morgan fingerprint density at radius 2 is 0.500 bits per heavy atom. The molecule has 0 amide bonds. The number of ether oxygens (including phenoxy) is 1. The molecule has 0 heterocycles. The fourth-order valence-corrected chi connectivity index (χ4v) is 8.28. The van der Waals surface area contributed by atoms with Crippen LogP contribution in [0.5, 0.6) is 0 Å². The van der Waals surface area contributed by atoms with Gasteiger partial charge in [0.05, 0.1) is 6.61 Å². The highest BCUT2D eigenvalue weighted by atomic mass is 16.5. The minimum absolute atomic E-state index is 0.0320. The third kappa shape index (κ3) is 40.9. The first-order valence-corrected chi connectivity index (χ1v) is 25.5. The summed E-state index contributed by atoms with van der Waals surface area (Å²) in [5.41, 5.74) is 2.34. The Labute approximate surface area is 342 Å². The molecule has 0 aromatic carbocycles. The molecular weight excluding hydrogens is 657 g/mol. The molecule has 2 nitrogen and oxygen atoms in total. The SMILES string of the molecule is CCCCCCCCCCCCCCCCOC(=O)C(C)=C(CCCCCCCCCCCCCCCC)CCCCCCCCCCCCCCCC. The highest BCUT2D eigenvalue weighted by Gasteiger charge is 2.12. The Balaban J connectivity index is 4.28. The van der Waals surface area contributed by atoms with Crippen molar-refractivity contribution in [3.8, 4) is 0 Å². The van der Waals surface area contributed by atoms with Crippen molar-refractivity contribution >= 4 is 5.97 Å². The number of carbonyl (C=O) groups is 1. The lowest BCUT2D eigenvalue weighted by Gasteiger charge is -2.13. The molecular formula is C52H102O2. The Hall–Kier alpha value is -0.790. The molecule has 2 heteroatoms. The van der Waals surface area contributed by atoms with Gasteiger partial charge in [-0.15, -0.1) is 0 Å². The van der Waals surface area contributed by atoms with Gasteiger partial charge in [0.25, 0.3) is 0 Å². The third-order valence-corrected chi connectivity index (χ3v) is 12.2. The molecule has 0 aliphatic rings. The molecule has 0 radical (unpaired) electrons. The normalized spacial score (nSPS) is 11.4. The lowest BCUT2D eigenvalue weighted by molar-refractivity contribution is -0.139. The number of rotatable bonds is 46. The first-order valence-electron chi connectivity index (χ1n) is 25.5. The minimum atomic E-state index is -0.0320. The molecule has 0 unspecified atom stereocenters. The zero-order chi connectivity index (χ0) is 39.3. The Morgan fingerprint density at radius 1 is 0.296 bits per heavy atom. The quantitative estimate of drug-likeness (QED) is 0.0351. The average Bonchev–Trinajstić information content (AvgIpc) is 3.18. The van der Waals surface area contributed by atoms with Gasteiger partial charge >= 0.3 is 5.97 Å². The molecule has 54 heavy (non-hydrogen) atoms. The minimum Gasteiger partial charge on any atom is -0.462 e. The van der Waals surface area contributed by atoms with Crippen LogP contribution in [0.3, 0.4) is 0 Å². The van der Waals surface area contributed by atoms with Crippen molar-refractivity contribution in [2.45, 2.75) is 310 Å². The van der Waals surface area contributed by atoms with Gasteiger partial charge in [-0.1, -0.05) is 277 Å². The zero-order valence-corrected chi connectivity index (χ0v) is 38.1. The van der Waals surface area contributed by atoms with Gasteiger partial charge in [0.2, 0.25) is 0 Å². The third-order valence-electron chi connectivity index (χ3n) is 12.2. The molecule has 0 fully saturated rings. The van der Waals surface area contributed by atoms with Gasteiger partial charge in [0.1, 0.15) is 0 Å². The van der Waals surface area contributed by atoms with Crippen molar-refractivity contribution in [3.05, 3.63) is 11.1 Å². The summed E-state index contributed by atoms with van der Waals surface area (Å²) in [6, 6.07) is 0. The largest absolute Gasteiger partial charge is 0.462 e. The van der Waals surface area contributed by atoms with Crippen LogP contribution in [0.15, 0.2) is 11.1 Å². The van der Waals surface area contributed by atoms with Crippen LogP contribution in [0.25, 0.3) is 0 Å². The highest BCUT2D eigenvalue weighted by Crippen LogP contribution is 2.23. The van der Waals surface area contributed by atoms with E-state index in [1.807, 2.05) is 0 Å². The molecule has 322 valence electrons. The van der Waals surface area contributed by atoms with Crippen LogP contribution < -0.4 is 0 Å². The Bertz CT molecular complexity index is 719. The van der Waals surface area contributed by atoms with E-state index in [1.165, 1.54) is 269 Å². The van der Waals surface area contributed by atoms with E-state index in [-0.39, 0.29) is 5.97 Å². The zero-order valence-electron chi connectivity index (χ0n) is 38.1. The number of esters is 1. The lowest BCUT2D eigenvalue weighted by Crippen LogP contribution is -2.10. The van der Waals surface area contributed by atoms with Crippen molar-refractivity contribution in [1.82, 2.24) is 0 Å². The van der Waals surface area contributed by atoms with Crippen LogP contribution in [0, 0.1) is 0 Å². The first-order chi connectivity index (χ1) is 26.7. The van der Waals surface area contributed by atoms with Crippen LogP contribution >= 0.6 is 0 Å². The summed E-state index contributed by atoms with van der Waals surface area (Å²) < 4.78 is 5.84. The van der Waals surface area contributed by atoms with Crippen LogP contribution in [-0.4, -0.2) is 12.6 Å². The van der Waals surface area contributed by atoms with Gasteiger partial charge in [-0.05, 0) is 39.0 Å². The van der Waals surface area contributed by atoms with E-state index in [9.17, 15) is 4.79 Å². The first kappa shape index (κ1) is 53.2. The summed E-state index contributed by atoms with van der Waals surface area (Å²) in [6.07, 6.45) is 60.2. The van der Waals surface area contributed by atoms with Crippen LogP contribution in [0.1, 0.15) is 310 Å². The smallest absolute Gasteiger partial charge is 0.333 e. The summed E-state index contributed by atoms with van der Waals surface area (Å²) in [6.45, 7) is 9.56. The molecule has 0 aromatic rings. The van der Waals surface area contributed by atoms with E-state index in [0.717, 1.165) is 24.8 Å². The van der Waals surface area contributed by atoms with E-state index in [1.54, 1.807) is 0 Å². The van der Waals surface area contributed by atoms with E-state index < -0.39 is 0 Å². The monoisotopic (exact) mass is 759 g/mol. The fraction of sp³-hybridized carbons (Fsp3) is 0.942. The number of carbonyl (C=O) groups excluding carboxylic acids is 1. The number of unbranched alkanes of at least 4 members (excludes halogenated alkanes) is 39. The van der Waals surface area contributed by atoms with Gasteiger partial charge in [0, 0.05) is 5.57 Å². The van der Waals surface area contributed by atoms with Crippen LogP contribution in [0.4, 0.5) is 0 Å². The summed E-state index contributed by atoms with van der Waals surface area (Å²) in [7, 11) is 0. The van der Waals surface area contributed by atoms with Crippen molar-refractivity contribution < 1.29 is 9.53 Å². The summed E-state index contributed by atoms with van der Waals surface area (Å²) in [5.74, 6) is -0.0320. The molecule has 0 rings (SSSR count). The van der Waals surface area contributed by atoms with Gasteiger partial charge in [0.15, 0.2) is 0 Å². The maximum Gasteiger partial charge on any atom is 0.333 e. The molecule has 0 aromatic heterocycles. The molecule has 0 saturated heterocycles. The average molecular weight is 759 g/mol. The fourth-order valence-electron chi connectivity index (χ4n) is 8.28. The van der Waals surface area contributed by atoms with Crippen LogP contribution in [0.2, 0.25) is 0 Å². The summed E-state index contributed by atoms with van der Waals surface area (Å²) >= 11 is 0. The maximum atomic E-state index is 13.1. The second-order valence-corrected chi connectivity index (χ2v) is 17.7. The summed E-state index contributed by atoms with van der Waals surface area (Å²) in [5, 5.41) is 0. The number of allylic oxidation sites excluding steroid dienone is 1. The van der Waals surface area contributed by atoms with Gasteiger partial charge in [-0.25, -0.2) is 4.79 Å². The second kappa shape index (κ2) is 46.6. The predicted molar refractivity (Wildman–Crippen MR) is 244 cm³/mol. The maximum absolute atomic E-state index is 13.1. The second-order valence-electron chi connectivity index (χ2n) is 17.7. The van der Waals surface area contributed by atoms with E-state index in [4.69, 9.17) is 4.74 Å². The molecule has 0 bridgehead atoms. The standard InChI is InChI=1S/C52H102O2/c1-5-8-11-14-17-20-23-26-29-32-35-38-41-44-47-51(48-45-42-39-36-33-30-27-24-21-18-15-12-9-6-2)50(4)52(53)54-49-46-43-40-37-34-31-28-25-22-19-16-13-10-7-3/h5-49H2,1-4H3. The molecule has 0 N–H and O–H groups in total. The number of hydrogen-bond donors (Lipinski definition) is 0. The van der Waals surface area contributed by atoms with Crippen molar-refractivity contribution in [2.24, 2.45) is 0 Å². The lowest BCUT2D eigenvalue weighted by atomic mass is 9.95. The van der Waals surface area contributed by atoms with E-state index in [2.05, 4.69) is 27.7 Å². The van der Waals surface area contributed by atoms with Gasteiger partial charge in [-0.3, -0.25) is 0 Å². The predicted octanol–water partition coefficient (Wildman–Crippen LogP) is 19.1. The van der Waals surface area contributed by atoms with Gasteiger partial charge in [-0.2, -0.15) is 0 Å². The molecule has 0 spiro atoms. The Kier molecular flexibility index (Phi) is 45.9. The van der Waals surface area contributed by atoms with E-state index in [0.29, 0.717) is 6.61 Å². The highest BCUT2D eigenvalue weighted by molar-refractivity contribution is 5.88. The topological polar surface area (TPSA) is 26.3 Å². The number of hydrogen-bond acceptors (Lipinski definition) is 2. The van der Waals surface area contributed by atoms with Crippen molar-refractivity contribution in [3.63, 3.8) is 0 Å². The van der Waals surface area contributed by atoms with Gasteiger partial charge < -0.3 is 4.74 Å². The molecule has 0 saturated carbocycles. The van der Waals surface area contributed by atoms with Crippen molar-refractivity contribution in [1.29, 1.82) is 0 Å².